The number of unbranched alkanes of at least 4 members (excludes halogenated alkanes) is 47. The van der Waals surface area contributed by atoms with Crippen molar-refractivity contribution in [2.24, 2.45) is 0 Å². The van der Waals surface area contributed by atoms with Crippen LogP contribution in [0, 0.1) is 0 Å². The quantitative estimate of drug-likeness (QED) is 0.0195. The van der Waals surface area contributed by atoms with Crippen LogP contribution in [-0.4, -0.2) is 100 Å². The molecule has 0 saturated carbocycles. The number of amides is 1. The Morgan fingerprint density at radius 3 is 1.17 bits per heavy atom. The number of hydrogen-bond donors (Lipinski definition) is 6. The lowest BCUT2D eigenvalue weighted by Crippen LogP contribution is -2.60. The molecule has 0 aromatic heterocycles. The van der Waals surface area contributed by atoms with Crippen molar-refractivity contribution in [1.82, 2.24) is 5.32 Å². The number of carbonyl (C=O) groups excluding carboxylic acids is 2. The van der Waals surface area contributed by atoms with Crippen molar-refractivity contribution in [3.05, 3.63) is 24.3 Å². The maximum absolute atomic E-state index is 13.0. The second-order valence-electron chi connectivity index (χ2n) is 24.9. The van der Waals surface area contributed by atoms with Gasteiger partial charge >= 0.3 is 5.97 Å². The largest absolute Gasteiger partial charge is 0.466 e. The first-order chi connectivity index (χ1) is 40.2. The standard InChI is InChI=1S/C71H135NO10/c1-3-5-7-9-11-13-14-15-36-39-43-47-51-55-59-67(76)80-60-56-52-48-44-40-37-34-32-30-28-26-24-22-20-18-16-17-19-21-23-25-27-29-31-33-35-38-42-46-50-54-58-66(75)72-63(64(74)57-53-49-45-41-12-10-8-6-4-2)62-81-71-70(79)69(78)68(77)65(61-73)82-71/h14-15,53,57,63-65,68-71,73-74,77-79H,3-13,16-52,54-56,58-62H2,1-2H3,(H,72,75)/b15-14-,57-53+. The molecule has 11 nitrogen and oxygen atoms in total. The van der Waals surface area contributed by atoms with E-state index in [-0.39, 0.29) is 18.5 Å². The van der Waals surface area contributed by atoms with E-state index in [4.69, 9.17) is 14.2 Å². The van der Waals surface area contributed by atoms with E-state index in [1.165, 1.54) is 270 Å². The smallest absolute Gasteiger partial charge is 0.305 e. The second-order valence-corrected chi connectivity index (χ2v) is 24.9. The Bertz CT molecular complexity index is 1410. The summed E-state index contributed by atoms with van der Waals surface area (Å²) in [6.45, 7) is 4.34. The lowest BCUT2D eigenvalue weighted by molar-refractivity contribution is -0.302. The first-order valence-corrected chi connectivity index (χ1v) is 35.6. The molecule has 484 valence electrons. The molecule has 0 aromatic carbocycles. The molecule has 0 bridgehead atoms. The highest BCUT2D eigenvalue weighted by Gasteiger charge is 2.44. The summed E-state index contributed by atoms with van der Waals surface area (Å²) < 4.78 is 16.7. The zero-order valence-corrected chi connectivity index (χ0v) is 53.7. The first kappa shape index (κ1) is 78.2. The van der Waals surface area contributed by atoms with Crippen LogP contribution in [0.1, 0.15) is 354 Å². The molecule has 7 atom stereocenters. The number of esters is 1. The van der Waals surface area contributed by atoms with E-state index in [9.17, 15) is 35.1 Å². The molecule has 1 aliphatic rings. The van der Waals surface area contributed by atoms with Gasteiger partial charge in [-0.3, -0.25) is 9.59 Å². The van der Waals surface area contributed by atoms with Crippen LogP contribution in [0.2, 0.25) is 0 Å². The summed E-state index contributed by atoms with van der Waals surface area (Å²) >= 11 is 0. The number of aliphatic hydroxyl groups excluding tert-OH is 5. The van der Waals surface area contributed by atoms with Gasteiger partial charge in [-0.25, -0.2) is 0 Å². The molecular formula is C71H135NO10. The van der Waals surface area contributed by atoms with Crippen LogP contribution >= 0.6 is 0 Å². The summed E-state index contributed by atoms with van der Waals surface area (Å²) in [6, 6.07) is -0.805. The van der Waals surface area contributed by atoms with Crippen molar-refractivity contribution in [3.8, 4) is 0 Å². The van der Waals surface area contributed by atoms with Crippen LogP contribution in [0.3, 0.4) is 0 Å². The number of aliphatic hydroxyl groups is 5. The van der Waals surface area contributed by atoms with E-state index in [0.717, 1.165) is 57.8 Å². The zero-order chi connectivity index (χ0) is 59.5. The van der Waals surface area contributed by atoms with Crippen LogP contribution in [0.5, 0.6) is 0 Å². The molecule has 1 aliphatic heterocycles. The average molecular weight is 1160 g/mol. The van der Waals surface area contributed by atoms with Gasteiger partial charge in [0.05, 0.1) is 32.0 Å². The molecule has 0 radical (unpaired) electrons. The Kier molecular flexibility index (Phi) is 58.0. The van der Waals surface area contributed by atoms with Crippen molar-refractivity contribution in [2.45, 2.75) is 397 Å². The second kappa shape index (κ2) is 60.8. The number of carbonyl (C=O) groups is 2. The fourth-order valence-electron chi connectivity index (χ4n) is 11.4. The SMILES string of the molecule is CCCCCCC/C=C\CCCCCCCC(=O)OCCCCCCCCCCCCCCCCCCCCCCCCCCCCCCCCCC(=O)NC(COC1OC(CO)C(O)C(O)C1O)C(O)/C=C/CCCCCCCCC. The Morgan fingerprint density at radius 1 is 0.439 bits per heavy atom. The van der Waals surface area contributed by atoms with Gasteiger partial charge in [0, 0.05) is 12.8 Å². The average Bonchev–Trinajstić information content (AvgIpc) is 3.64. The third-order valence-electron chi connectivity index (χ3n) is 17.1. The predicted octanol–water partition coefficient (Wildman–Crippen LogP) is 18.0. The van der Waals surface area contributed by atoms with Gasteiger partial charge in [0.1, 0.15) is 24.4 Å². The molecule has 82 heavy (non-hydrogen) atoms. The zero-order valence-electron chi connectivity index (χ0n) is 53.7. The molecule has 1 saturated heterocycles. The molecule has 0 aromatic rings. The predicted molar refractivity (Wildman–Crippen MR) is 343 cm³/mol. The lowest BCUT2D eigenvalue weighted by Gasteiger charge is -2.40. The van der Waals surface area contributed by atoms with Crippen LogP contribution in [-0.2, 0) is 23.8 Å². The van der Waals surface area contributed by atoms with E-state index in [1.54, 1.807) is 6.08 Å². The minimum atomic E-state index is -1.57. The number of nitrogens with one attached hydrogen (secondary N) is 1. The van der Waals surface area contributed by atoms with Crippen molar-refractivity contribution in [3.63, 3.8) is 0 Å². The van der Waals surface area contributed by atoms with Crippen LogP contribution in [0.15, 0.2) is 24.3 Å². The molecule has 7 unspecified atom stereocenters. The van der Waals surface area contributed by atoms with E-state index in [0.29, 0.717) is 19.4 Å². The molecule has 1 heterocycles. The number of hydrogen-bond acceptors (Lipinski definition) is 10. The Labute approximate surface area is 505 Å². The monoisotopic (exact) mass is 1160 g/mol. The van der Waals surface area contributed by atoms with Crippen molar-refractivity contribution in [1.29, 1.82) is 0 Å². The highest BCUT2D eigenvalue weighted by atomic mass is 16.7. The van der Waals surface area contributed by atoms with Gasteiger partial charge in [-0.05, 0) is 57.8 Å². The van der Waals surface area contributed by atoms with Crippen LogP contribution in [0.25, 0.3) is 0 Å². The van der Waals surface area contributed by atoms with Gasteiger partial charge in [0.25, 0.3) is 0 Å². The fraction of sp³-hybridized carbons (Fsp3) is 0.915. The minimum absolute atomic E-state index is 0.00461. The van der Waals surface area contributed by atoms with E-state index in [1.807, 2.05) is 6.08 Å². The molecule has 0 aliphatic carbocycles. The van der Waals surface area contributed by atoms with Gasteiger partial charge in [-0.2, -0.15) is 0 Å². The summed E-state index contributed by atoms with van der Waals surface area (Å²) in [5.74, 6) is -0.173. The highest BCUT2D eigenvalue weighted by molar-refractivity contribution is 5.76. The van der Waals surface area contributed by atoms with E-state index in [2.05, 4.69) is 31.3 Å². The molecule has 1 rings (SSSR count). The fourth-order valence-corrected chi connectivity index (χ4v) is 11.4. The van der Waals surface area contributed by atoms with Crippen molar-refractivity contribution in [2.75, 3.05) is 19.8 Å². The van der Waals surface area contributed by atoms with Crippen molar-refractivity contribution < 1.29 is 49.3 Å². The van der Waals surface area contributed by atoms with Gasteiger partial charge in [-0.15, -0.1) is 0 Å². The molecule has 0 spiro atoms. The lowest BCUT2D eigenvalue weighted by atomic mass is 9.99. The minimum Gasteiger partial charge on any atom is -0.466 e. The van der Waals surface area contributed by atoms with E-state index < -0.39 is 49.5 Å². The maximum atomic E-state index is 13.0. The number of ether oxygens (including phenoxy) is 3. The summed E-state index contributed by atoms with van der Waals surface area (Å²) in [7, 11) is 0. The van der Waals surface area contributed by atoms with Crippen molar-refractivity contribution >= 4 is 11.9 Å². The Balaban J connectivity index is 1.89. The van der Waals surface area contributed by atoms with Gasteiger partial charge in [0.2, 0.25) is 5.91 Å². The van der Waals surface area contributed by atoms with Gasteiger partial charge < -0.3 is 45.1 Å². The maximum Gasteiger partial charge on any atom is 0.305 e. The molecular weight excluding hydrogens is 1030 g/mol. The summed E-state index contributed by atoms with van der Waals surface area (Å²) in [5, 5.41) is 54.3. The third-order valence-corrected chi connectivity index (χ3v) is 17.1. The number of allylic oxidation sites excluding steroid dienone is 3. The molecule has 11 heteroatoms. The van der Waals surface area contributed by atoms with Crippen LogP contribution in [0.4, 0.5) is 0 Å². The van der Waals surface area contributed by atoms with Gasteiger partial charge in [0.15, 0.2) is 6.29 Å². The molecule has 1 amide bonds. The van der Waals surface area contributed by atoms with Crippen LogP contribution < -0.4 is 5.32 Å². The highest BCUT2D eigenvalue weighted by Crippen LogP contribution is 2.23. The molecule has 1 fully saturated rings. The topological polar surface area (TPSA) is 175 Å². The summed E-state index contributed by atoms with van der Waals surface area (Å²) in [6.07, 6.45) is 66.2. The Hall–Kier alpha value is -1.86. The van der Waals surface area contributed by atoms with E-state index >= 15 is 0 Å². The normalized spacial score (nSPS) is 18.3. The first-order valence-electron chi connectivity index (χ1n) is 35.6. The Morgan fingerprint density at radius 2 is 0.780 bits per heavy atom. The third kappa shape index (κ3) is 49.3. The van der Waals surface area contributed by atoms with Gasteiger partial charge in [-0.1, -0.05) is 308 Å². The molecule has 6 N–H and O–H groups in total. The summed E-state index contributed by atoms with van der Waals surface area (Å²) in [4.78, 5) is 25.1. The number of rotatable bonds is 63. The summed E-state index contributed by atoms with van der Waals surface area (Å²) in [5.41, 5.74) is 0.